The maximum absolute atomic E-state index is 13.6. The van der Waals surface area contributed by atoms with Gasteiger partial charge in [-0.1, -0.05) is 23.8 Å². The van der Waals surface area contributed by atoms with Crippen LogP contribution in [0.15, 0.2) is 42.5 Å². The fourth-order valence-corrected chi connectivity index (χ4v) is 1.93. The number of hydrogen-bond acceptors (Lipinski definition) is 3. The zero-order valence-corrected chi connectivity index (χ0v) is 11.9. The molecule has 0 aliphatic heterocycles. The minimum absolute atomic E-state index is 0.00345. The van der Waals surface area contributed by atoms with E-state index < -0.39 is 17.6 Å². The Balaban J connectivity index is 2.02. The predicted octanol–water partition coefficient (Wildman–Crippen LogP) is 2.18. The van der Waals surface area contributed by atoms with Crippen LogP contribution in [0.4, 0.5) is 4.39 Å². The lowest BCUT2D eigenvalue weighted by Crippen LogP contribution is -2.24. The van der Waals surface area contributed by atoms with Gasteiger partial charge in [0, 0.05) is 12.1 Å². The molecule has 0 saturated carbocycles. The molecule has 0 spiro atoms. The molecule has 0 aliphatic carbocycles. The standard InChI is InChI=1S/C16H15FN2O3/c1-10-2-7-14(17)13(8-10)16(21)18-9-11-3-5-12(6-4-11)15(20)19-22/h2-8,22H,9H2,1H3,(H,18,21)(H,19,20). The van der Waals surface area contributed by atoms with E-state index in [2.05, 4.69) is 5.32 Å². The van der Waals surface area contributed by atoms with Crippen LogP contribution in [-0.4, -0.2) is 17.0 Å². The number of carbonyl (C=O) groups excluding carboxylic acids is 2. The van der Waals surface area contributed by atoms with Crippen LogP contribution in [0.2, 0.25) is 0 Å². The highest BCUT2D eigenvalue weighted by atomic mass is 19.1. The molecule has 114 valence electrons. The molecule has 0 saturated heterocycles. The van der Waals surface area contributed by atoms with Gasteiger partial charge < -0.3 is 5.32 Å². The molecule has 2 amide bonds. The molecule has 0 aromatic heterocycles. The van der Waals surface area contributed by atoms with Crippen LogP contribution in [0, 0.1) is 12.7 Å². The molecule has 0 bridgehead atoms. The van der Waals surface area contributed by atoms with Crippen molar-refractivity contribution in [1.82, 2.24) is 10.8 Å². The molecule has 3 N–H and O–H groups in total. The molecule has 2 aromatic carbocycles. The van der Waals surface area contributed by atoms with Crippen LogP contribution in [0.1, 0.15) is 31.8 Å². The van der Waals surface area contributed by atoms with E-state index in [1.807, 2.05) is 0 Å². The van der Waals surface area contributed by atoms with E-state index in [9.17, 15) is 14.0 Å². The van der Waals surface area contributed by atoms with E-state index in [1.54, 1.807) is 25.1 Å². The number of nitrogens with one attached hydrogen (secondary N) is 2. The van der Waals surface area contributed by atoms with Gasteiger partial charge in [-0.15, -0.1) is 0 Å². The normalized spacial score (nSPS) is 10.1. The van der Waals surface area contributed by atoms with Crippen molar-refractivity contribution in [1.29, 1.82) is 0 Å². The Morgan fingerprint density at radius 3 is 2.41 bits per heavy atom. The van der Waals surface area contributed by atoms with Gasteiger partial charge in [-0.2, -0.15) is 0 Å². The van der Waals surface area contributed by atoms with E-state index in [0.717, 1.165) is 11.1 Å². The van der Waals surface area contributed by atoms with E-state index >= 15 is 0 Å². The Labute approximate surface area is 126 Å². The summed E-state index contributed by atoms with van der Waals surface area (Å²) in [5.74, 6) is -1.69. The molecule has 2 rings (SSSR count). The summed E-state index contributed by atoms with van der Waals surface area (Å²) in [7, 11) is 0. The first-order valence-electron chi connectivity index (χ1n) is 6.59. The molecule has 0 unspecified atom stereocenters. The quantitative estimate of drug-likeness (QED) is 0.598. The van der Waals surface area contributed by atoms with Gasteiger partial charge in [0.25, 0.3) is 11.8 Å². The van der Waals surface area contributed by atoms with Crippen molar-refractivity contribution in [3.63, 3.8) is 0 Å². The molecule has 0 aliphatic rings. The average molecular weight is 302 g/mol. The molecule has 0 atom stereocenters. The second kappa shape index (κ2) is 6.82. The van der Waals surface area contributed by atoms with Gasteiger partial charge in [-0.3, -0.25) is 14.8 Å². The van der Waals surface area contributed by atoms with Crippen LogP contribution in [0.3, 0.4) is 0 Å². The number of hydroxylamine groups is 1. The number of hydrogen-bond donors (Lipinski definition) is 3. The largest absolute Gasteiger partial charge is 0.348 e. The van der Waals surface area contributed by atoms with Crippen molar-refractivity contribution in [3.05, 3.63) is 70.5 Å². The number of carbonyl (C=O) groups is 2. The second-order valence-corrected chi connectivity index (χ2v) is 4.80. The maximum Gasteiger partial charge on any atom is 0.274 e. The fourth-order valence-electron chi connectivity index (χ4n) is 1.93. The Kier molecular flexibility index (Phi) is 4.85. The summed E-state index contributed by atoms with van der Waals surface area (Å²) in [4.78, 5) is 23.1. The lowest BCUT2D eigenvalue weighted by molar-refractivity contribution is 0.0706. The Bertz CT molecular complexity index is 699. The number of benzene rings is 2. The summed E-state index contributed by atoms with van der Waals surface area (Å²) >= 11 is 0. The maximum atomic E-state index is 13.6. The van der Waals surface area contributed by atoms with Crippen LogP contribution in [0.25, 0.3) is 0 Å². The van der Waals surface area contributed by atoms with Crippen molar-refractivity contribution >= 4 is 11.8 Å². The Hall–Kier alpha value is -2.73. The van der Waals surface area contributed by atoms with Crippen molar-refractivity contribution in [2.45, 2.75) is 13.5 Å². The highest BCUT2D eigenvalue weighted by Gasteiger charge is 2.11. The summed E-state index contributed by atoms with van der Waals surface area (Å²) in [6, 6.07) is 10.6. The summed E-state index contributed by atoms with van der Waals surface area (Å²) in [5.41, 5.74) is 3.37. The van der Waals surface area contributed by atoms with Crippen LogP contribution in [-0.2, 0) is 6.54 Å². The lowest BCUT2D eigenvalue weighted by atomic mass is 10.1. The summed E-state index contributed by atoms with van der Waals surface area (Å²) in [6.07, 6.45) is 0. The number of aryl methyl sites for hydroxylation is 1. The SMILES string of the molecule is Cc1ccc(F)c(C(=O)NCc2ccc(C(=O)NO)cc2)c1. The minimum Gasteiger partial charge on any atom is -0.348 e. The molecule has 0 radical (unpaired) electrons. The van der Waals surface area contributed by atoms with Gasteiger partial charge in [0.2, 0.25) is 0 Å². The highest BCUT2D eigenvalue weighted by Crippen LogP contribution is 2.10. The molecule has 0 fully saturated rings. The first-order chi connectivity index (χ1) is 10.5. The van der Waals surface area contributed by atoms with Gasteiger partial charge in [-0.05, 0) is 36.8 Å². The molecular formula is C16H15FN2O3. The summed E-state index contributed by atoms with van der Waals surface area (Å²) in [5, 5.41) is 11.1. The van der Waals surface area contributed by atoms with Crippen LogP contribution in [0.5, 0.6) is 0 Å². The van der Waals surface area contributed by atoms with E-state index in [0.29, 0.717) is 5.56 Å². The van der Waals surface area contributed by atoms with E-state index in [-0.39, 0.29) is 12.1 Å². The van der Waals surface area contributed by atoms with Crippen molar-refractivity contribution in [2.75, 3.05) is 0 Å². The van der Waals surface area contributed by atoms with Crippen molar-refractivity contribution in [3.8, 4) is 0 Å². The number of amides is 2. The highest BCUT2D eigenvalue weighted by molar-refractivity contribution is 5.95. The first-order valence-corrected chi connectivity index (χ1v) is 6.59. The molecule has 2 aromatic rings. The molecule has 6 heteroatoms. The van der Waals surface area contributed by atoms with Crippen LogP contribution < -0.4 is 10.8 Å². The third-order valence-corrected chi connectivity index (χ3v) is 3.14. The Morgan fingerprint density at radius 2 is 1.77 bits per heavy atom. The third-order valence-electron chi connectivity index (χ3n) is 3.14. The van der Waals surface area contributed by atoms with Gasteiger partial charge >= 0.3 is 0 Å². The van der Waals surface area contributed by atoms with Gasteiger partial charge in [0.05, 0.1) is 5.56 Å². The zero-order chi connectivity index (χ0) is 16.1. The number of rotatable bonds is 4. The monoisotopic (exact) mass is 302 g/mol. The van der Waals surface area contributed by atoms with Crippen molar-refractivity contribution in [2.24, 2.45) is 0 Å². The number of halogens is 1. The first kappa shape index (κ1) is 15.7. The topological polar surface area (TPSA) is 78.4 Å². The van der Waals surface area contributed by atoms with Gasteiger partial charge in [-0.25, -0.2) is 9.87 Å². The summed E-state index contributed by atoms with van der Waals surface area (Å²) < 4.78 is 13.6. The molecular weight excluding hydrogens is 287 g/mol. The van der Waals surface area contributed by atoms with Crippen LogP contribution >= 0.6 is 0 Å². The average Bonchev–Trinajstić information content (AvgIpc) is 2.54. The third kappa shape index (κ3) is 3.67. The molecule has 0 heterocycles. The molecule has 22 heavy (non-hydrogen) atoms. The van der Waals surface area contributed by atoms with E-state index in [1.165, 1.54) is 29.7 Å². The second-order valence-electron chi connectivity index (χ2n) is 4.80. The van der Waals surface area contributed by atoms with E-state index in [4.69, 9.17) is 5.21 Å². The fraction of sp³-hybridized carbons (Fsp3) is 0.125. The van der Waals surface area contributed by atoms with Gasteiger partial charge in [0.1, 0.15) is 5.82 Å². The molecule has 5 nitrogen and oxygen atoms in total. The lowest BCUT2D eigenvalue weighted by Gasteiger charge is -2.07. The summed E-state index contributed by atoms with van der Waals surface area (Å²) in [6.45, 7) is 1.98. The zero-order valence-electron chi connectivity index (χ0n) is 11.9. The minimum atomic E-state index is -0.614. The Morgan fingerprint density at radius 1 is 1.09 bits per heavy atom. The van der Waals surface area contributed by atoms with Gasteiger partial charge in [0.15, 0.2) is 0 Å². The predicted molar refractivity (Wildman–Crippen MR) is 78.0 cm³/mol. The smallest absolute Gasteiger partial charge is 0.274 e. The van der Waals surface area contributed by atoms with Crippen molar-refractivity contribution < 1.29 is 19.2 Å².